The van der Waals surface area contributed by atoms with Crippen molar-refractivity contribution in [2.45, 2.75) is 33.1 Å². The molecule has 3 nitrogen and oxygen atoms in total. The second-order valence-electron chi connectivity index (χ2n) is 5.54. The number of aryl methyl sites for hydroxylation is 1. The van der Waals surface area contributed by atoms with Gasteiger partial charge in [0.1, 0.15) is 0 Å². The Morgan fingerprint density at radius 2 is 1.89 bits per heavy atom. The summed E-state index contributed by atoms with van der Waals surface area (Å²) in [6.45, 7) is 8.60. The number of anilines is 1. The molecular formula is C15H19N3S. The zero-order chi connectivity index (χ0) is 13.9. The molecule has 0 unspecified atom stereocenters. The van der Waals surface area contributed by atoms with Crippen LogP contribution in [0.1, 0.15) is 37.6 Å². The topological polar surface area (TPSA) is 37.3 Å². The zero-order valence-corrected chi connectivity index (χ0v) is 12.6. The second-order valence-corrected chi connectivity index (χ2v) is 6.39. The van der Waals surface area contributed by atoms with Crippen LogP contribution in [0.2, 0.25) is 0 Å². The Hall–Kier alpha value is -1.68. The van der Waals surface area contributed by atoms with Crippen LogP contribution in [-0.2, 0) is 5.41 Å². The van der Waals surface area contributed by atoms with E-state index >= 15 is 0 Å². The van der Waals surface area contributed by atoms with Crippen molar-refractivity contribution in [3.8, 4) is 0 Å². The van der Waals surface area contributed by atoms with Crippen LogP contribution in [0.25, 0.3) is 0 Å². The highest BCUT2D eigenvalue weighted by atomic mass is 32.1. The molecule has 2 aromatic rings. The summed E-state index contributed by atoms with van der Waals surface area (Å²) in [6.07, 6.45) is 1.81. The standard InChI is InChI=1S/C15H19N3S/c1-11-10-19-14(17-11)18-16-9-12-5-7-13(8-6-12)15(2,3)4/h5-10H,1-4H3,(H,17,18)/b16-9-. The molecule has 4 heteroatoms. The maximum atomic E-state index is 4.28. The molecule has 1 aromatic carbocycles. The SMILES string of the molecule is Cc1csc(N/N=C\c2ccc(C(C)(C)C)cc2)n1. The third-order valence-corrected chi connectivity index (χ3v) is 3.63. The van der Waals surface area contributed by atoms with Crippen molar-refractivity contribution in [3.05, 3.63) is 46.5 Å². The highest BCUT2D eigenvalue weighted by molar-refractivity contribution is 7.13. The maximum absolute atomic E-state index is 4.28. The summed E-state index contributed by atoms with van der Waals surface area (Å²) in [6, 6.07) is 8.46. The highest BCUT2D eigenvalue weighted by Crippen LogP contribution is 2.21. The normalized spacial score (nSPS) is 12.0. The Morgan fingerprint density at radius 3 is 2.42 bits per heavy atom. The van der Waals surface area contributed by atoms with Gasteiger partial charge in [0.2, 0.25) is 5.13 Å². The van der Waals surface area contributed by atoms with Crippen LogP contribution in [0.15, 0.2) is 34.7 Å². The van der Waals surface area contributed by atoms with E-state index in [0.29, 0.717) is 0 Å². The Balaban J connectivity index is 1.99. The predicted octanol–water partition coefficient (Wildman–Crippen LogP) is 4.20. The summed E-state index contributed by atoms with van der Waals surface area (Å²) >= 11 is 1.55. The Kier molecular flexibility index (Phi) is 4.00. The molecule has 0 aliphatic heterocycles. The first-order chi connectivity index (χ1) is 8.95. The average molecular weight is 273 g/mol. The number of hydrazone groups is 1. The van der Waals surface area contributed by atoms with Gasteiger partial charge in [0.05, 0.1) is 11.9 Å². The van der Waals surface area contributed by atoms with Gasteiger partial charge in [-0.05, 0) is 23.5 Å². The average Bonchev–Trinajstić information content (AvgIpc) is 2.75. The van der Waals surface area contributed by atoms with Gasteiger partial charge in [-0.15, -0.1) is 11.3 Å². The van der Waals surface area contributed by atoms with Gasteiger partial charge in [-0.2, -0.15) is 5.10 Å². The first-order valence-electron chi connectivity index (χ1n) is 6.27. The maximum Gasteiger partial charge on any atom is 0.203 e. The Morgan fingerprint density at radius 1 is 1.21 bits per heavy atom. The molecule has 2 rings (SSSR count). The summed E-state index contributed by atoms with van der Waals surface area (Å²) in [4.78, 5) is 4.28. The summed E-state index contributed by atoms with van der Waals surface area (Å²) in [5.74, 6) is 0. The van der Waals surface area contributed by atoms with Crippen molar-refractivity contribution in [2.24, 2.45) is 5.10 Å². The van der Waals surface area contributed by atoms with Crippen molar-refractivity contribution < 1.29 is 0 Å². The fraction of sp³-hybridized carbons (Fsp3) is 0.333. The van der Waals surface area contributed by atoms with E-state index in [4.69, 9.17) is 0 Å². The molecule has 1 N–H and O–H groups in total. The minimum Gasteiger partial charge on any atom is -0.253 e. The molecule has 1 heterocycles. The van der Waals surface area contributed by atoms with E-state index in [1.165, 1.54) is 5.56 Å². The molecule has 100 valence electrons. The van der Waals surface area contributed by atoms with E-state index in [0.717, 1.165) is 16.4 Å². The van der Waals surface area contributed by atoms with Gasteiger partial charge in [0.25, 0.3) is 0 Å². The van der Waals surface area contributed by atoms with Crippen LogP contribution in [0.4, 0.5) is 5.13 Å². The molecular weight excluding hydrogens is 254 g/mol. The summed E-state index contributed by atoms with van der Waals surface area (Å²) in [5, 5.41) is 7.01. The number of rotatable bonds is 3. The molecule has 0 saturated carbocycles. The van der Waals surface area contributed by atoms with Gasteiger partial charge >= 0.3 is 0 Å². The van der Waals surface area contributed by atoms with Crippen LogP contribution < -0.4 is 5.43 Å². The Labute approximate surface area is 118 Å². The number of nitrogens with one attached hydrogen (secondary N) is 1. The van der Waals surface area contributed by atoms with Crippen LogP contribution in [0.3, 0.4) is 0 Å². The van der Waals surface area contributed by atoms with Gasteiger partial charge in [-0.3, -0.25) is 5.43 Å². The third-order valence-electron chi connectivity index (χ3n) is 2.77. The van der Waals surface area contributed by atoms with Crippen LogP contribution >= 0.6 is 11.3 Å². The van der Waals surface area contributed by atoms with Gasteiger partial charge in [0.15, 0.2) is 0 Å². The monoisotopic (exact) mass is 273 g/mol. The van der Waals surface area contributed by atoms with E-state index in [9.17, 15) is 0 Å². The fourth-order valence-corrected chi connectivity index (χ4v) is 2.27. The van der Waals surface area contributed by atoms with E-state index in [1.54, 1.807) is 11.3 Å². The molecule has 0 fully saturated rings. The van der Waals surface area contributed by atoms with E-state index in [2.05, 4.69) is 60.5 Å². The number of thiazole rings is 1. The lowest BCUT2D eigenvalue weighted by molar-refractivity contribution is 0.590. The quantitative estimate of drug-likeness (QED) is 0.672. The second kappa shape index (κ2) is 5.53. The number of benzene rings is 1. The molecule has 19 heavy (non-hydrogen) atoms. The molecule has 0 radical (unpaired) electrons. The summed E-state index contributed by atoms with van der Waals surface area (Å²) in [7, 11) is 0. The molecule has 0 spiro atoms. The summed E-state index contributed by atoms with van der Waals surface area (Å²) < 4.78 is 0. The lowest BCUT2D eigenvalue weighted by Gasteiger charge is -2.18. The number of hydrogen-bond donors (Lipinski definition) is 1. The number of nitrogens with zero attached hydrogens (tertiary/aromatic N) is 2. The number of aromatic nitrogens is 1. The summed E-state index contributed by atoms with van der Waals surface area (Å²) in [5.41, 5.74) is 6.54. The molecule has 0 amide bonds. The van der Waals surface area contributed by atoms with Crippen LogP contribution in [0, 0.1) is 6.92 Å². The van der Waals surface area contributed by atoms with E-state index < -0.39 is 0 Å². The first-order valence-corrected chi connectivity index (χ1v) is 7.15. The lowest BCUT2D eigenvalue weighted by atomic mass is 9.87. The smallest absolute Gasteiger partial charge is 0.203 e. The molecule has 0 saturated heterocycles. The lowest BCUT2D eigenvalue weighted by Crippen LogP contribution is -2.10. The first kappa shape index (κ1) is 13.7. The zero-order valence-electron chi connectivity index (χ0n) is 11.8. The van der Waals surface area contributed by atoms with Gasteiger partial charge in [-0.25, -0.2) is 4.98 Å². The minimum absolute atomic E-state index is 0.187. The molecule has 0 bridgehead atoms. The van der Waals surface area contributed by atoms with Gasteiger partial charge < -0.3 is 0 Å². The largest absolute Gasteiger partial charge is 0.253 e. The van der Waals surface area contributed by atoms with Crippen molar-refractivity contribution in [3.63, 3.8) is 0 Å². The van der Waals surface area contributed by atoms with Crippen molar-refractivity contribution in [1.82, 2.24) is 4.98 Å². The molecule has 0 atom stereocenters. The van der Waals surface area contributed by atoms with Crippen LogP contribution in [0.5, 0.6) is 0 Å². The van der Waals surface area contributed by atoms with E-state index in [1.807, 2.05) is 18.5 Å². The van der Waals surface area contributed by atoms with Gasteiger partial charge in [0, 0.05) is 5.38 Å². The molecule has 1 aromatic heterocycles. The minimum atomic E-state index is 0.187. The van der Waals surface area contributed by atoms with Crippen molar-refractivity contribution >= 4 is 22.7 Å². The molecule has 0 aliphatic carbocycles. The molecule has 0 aliphatic rings. The van der Waals surface area contributed by atoms with Gasteiger partial charge in [-0.1, -0.05) is 45.0 Å². The Bertz CT molecular complexity index is 562. The predicted molar refractivity (Wildman–Crippen MR) is 83.2 cm³/mol. The number of hydrogen-bond acceptors (Lipinski definition) is 4. The van der Waals surface area contributed by atoms with E-state index in [-0.39, 0.29) is 5.41 Å². The van der Waals surface area contributed by atoms with Crippen molar-refractivity contribution in [2.75, 3.05) is 5.43 Å². The fourth-order valence-electron chi connectivity index (χ4n) is 1.64. The third kappa shape index (κ3) is 3.89. The highest BCUT2D eigenvalue weighted by Gasteiger charge is 2.12. The van der Waals surface area contributed by atoms with Crippen molar-refractivity contribution in [1.29, 1.82) is 0 Å². The van der Waals surface area contributed by atoms with Crippen LogP contribution in [-0.4, -0.2) is 11.2 Å².